The molecule has 2 nitrogen and oxygen atoms in total. The van der Waals surface area contributed by atoms with E-state index in [-0.39, 0.29) is 11.5 Å². The van der Waals surface area contributed by atoms with Gasteiger partial charge >= 0.3 is 0 Å². The van der Waals surface area contributed by atoms with Crippen molar-refractivity contribution in [3.05, 3.63) is 71.3 Å². The zero-order valence-corrected chi connectivity index (χ0v) is 13.9. The second-order valence-electron chi connectivity index (χ2n) is 7.09. The number of aliphatic imine (C=N–C) groups is 1. The Morgan fingerprint density at radius 2 is 1.62 bits per heavy atom. The zero-order chi connectivity index (χ0) is 16.4. The van der Waals surface area contributed by atoms with E-state index in [4.69, 9.17) is 4.99 Å². The molecule has 0 radical (unpaired) electrons. The van der Waals surface area contributed by atoms with Gasteiger partial charge in [-0.25, -0.2) is 0 Å². The predicted molar refractivity (Wildman–Crippen MR) is 97.3 cm³/mol. The van der Waals surface area contributed by atoms with Crippen molar-refractivity contribution in [2.45, 2.75) is 50.0 Å². The Balaban J connectivity index is 1.84. The van der Waals surface area contributed by atoms with Gasteiger partial charge in [-0.2, -0.15) is 5.26 Å². The Hall–Kier alpha value is -2.40. The summed E-state index contributed by atoms with van der Waals surface area (Å²) in [5, 5.41) is 9.91. The van der Waals surface area contributed by atoms with Gasteiger partial charge in [0.15, 0.2) is 0 Å². The standard InChI is InChI=1S/C22H22N2/c23-16-20(17-9-3-1-4-10-17)21-19-12-6-5-11-18(19)15-22(24-21)13-7-2-8-14-22/h1,3-6,9-12,20H,2,7-8,13-15H2/t20-/m0/s1. The number of benzene rings is 2. The molecule has 2 heteroatoms. The molecule has 24 heavy (non-hydrogen) atoms. The summed E-state index contributed by atoms with van der Waals surface area (Å²) in [6, 6.07) is 21.1. The highest BCUT2D eigenvalue weighted by Gasteiger charge is 2.38. The van der Waals surface area contributed by atoms with Gasteiger partial charge < -0.3 is 0 Å². The van der Waals surface area contributed by atoms with Crippen LogP contribution >= 0.6 is 0 Å². The van der Waals surface area contributed by atoms with Crippen LogP contribution in [0.3, 0.4) is 0 Å². The molecule has 0 N–H and O–H groups in total. The van der Waals surface area contributed by atoms with Crippen molar-refractivity contribution in [1.29, 1.82) is 5.26 Å². The monoisotopic (exact) mass is 314 g/mol. The lowest BCUT2D eigenvalue weighted by atomic mass is 9.73. The maximum Gasteiger partial charge on any atom is 0.114 e. The molecule has 1 saturated carbocycles. The van der Waals surface area contributed by atoms with Gasteiger partial charge in [-0.05, 0) is 30.4 Å². The Labute approximate surface area is 143 Å². The smallest absolute Gasteiger partial charge is 0.114 e. The summed E-state index contributed by atoms with van der Waals surface area (Å²) in [5.41, 5.74) is 4.57. The van der Waals surface area contributed by atoms with Gasteiger partial charge in [-0.3, -0.25) is 4.99 Å². The van der Waals surface area contributed by atoms with E-state index in [2.05, 4.69) is 30.3 Å². The SMILES string of the molecule is N#C[C@H](C1=NC2(CCCCC2)Cc2ccccc21)c1ccccc1. The minimum atomic E-state index is -0.286. The van der Waals surface area contributed by atoms with Gasteiger partial charge in [-0.1, -0.05) is 73.9 Å². The molecule has 1 atom stereocenters. The van der Waals surface area contributed by atoms with Crippen molar-refractivity contribution in [1.82, 2.24) is 0 Å². The first-order valence-electron chi connectivity index (χ1n) is 8.94. The highest BCUT2D eigenvalue weighted by atomic mass is 14.9. The van der Waals surface area contributed by atoms with Gasteiger partial charge in [0.1, 0.15) is 5.92 Å². The summed E-state index contributed by atoms with van der Waals surface area (Å²) in [4.78, 5) is 5.26. The topological polar surface area (TPSA) is 36.1 Å². The highest BCUT2D eigenvalue weighted by molar-refractivity contribution is 6.08. The molecule has 1 spiro atoms. The number of fused-ring (bicyclic) bond motifs is 1. The Morgan fingerprint density at radius 1 is 0.917 bits per heavy atom. The molecular formula is C22H22N2. The van der Waals surface area contributed by atoms with Crippen LogP contribution in [-0.2, 0) is 6.42 Å². The van der Waals surface area contributed by atoms with Crippen molar-refractivity contribution in [3.8, 4) is 6.07 Å². The summed E-state index contributed by atoms with van der Waals surface area (Å²) in [6.07, 6.45) is 7.15. The van der Waals surface area contributed by atoms with E-state index in [0.717, 1.165) is 30.5 Å². The van der Waals surface area contributed by atoms with Crippen LogP contribution in [0, 0.1) is 11.3 Å². The first-order valence-corrected chi connectivity index (χ1v) is 8.94. The number of hydrogen-bond acceptors (Lipinski definition) is 2. The largest absolute Gasteiger partial charge is 0.280 e. The molecule has 0 amide bonds. The minimum absolute atomic E-state index is 0.0197. The average molecular weight is 314 g/mol. The first-order chi connectivity index (χ1) is 11.8. The number of nitrogens with zero attached hydrogens (tertiary/aromatic N) is 2. The fourth-order valence-corrected chi connectivity index (χ4v) is 4.29. The first kappa shape index (κ1) is 15.1. The van der Waals surface area contributed by atoms with Crippen molar-refractivity contribution >= 4 is 5.71 Å². The summed E-state index contributed by atoms with van der Waals surface area (Å²) in [7, 11) is 0. The number of rotatable bonds is 2. The van der Waals surface area contributed by atoms with Gasteiger partial charge in [-0.15, -0.1) is 0 Å². The molecule has 0 aromatic heterocycles. The lowest BCUT2D eigenvalue weighted by Gasteiger charge is -2.39. The molecule has 1 fully saturated rings. The maximum atomic E-state index is 9.91. The zero-order valence-electron chi connectivity index (χ0n) is 13.9. The van der Waals surface area contributed by atoms with Crippen LogP contribution < -0.4 is 0 Å². The van der Waals surface area contributed by atoms with Crippen LogP contribution in [0.25, 0.3) is 0 Å². The highest BCUT2D eigenvalue weighted by Crippen LogP contribution is 2.40. The molecular weight excluding hydrogens is 292 g/mol. The van der Waals surface area contributed by atoms with Crippen LogP contribution in [0.5, 0.6) is 0 Å². The Kier molecular flexibility index (Phi) is 3.94. The molecule has 0 unspecified atom stereocenters. The Bertz CT molecular complexity index is 792. The summed E-state index contributed by atoms with van der Waals surface area (Å²) in [5.74, 6) is -0.286. The molecule has 120 valence electrons. The average Bonchev–Trinajstić information content (AvgIpc) is 2.64. The summed E-state index contributed by atoms with van der Waals surface area (Å²) in [6.45, 7) is 0. The predicted octanol–water partition coefficient (Wildman–Crippen LogP) is 5.04. The van der Waals surface area contributed by atoms with E-state index in [9.17, 15) is 5.26 Å². The van der Waals surface area contributed by atoms with E-state index in [0.29, 0.717) is 0 Å². The van der Waals surface area contributed by atoms with Crippen LogP contribution in [0.4, 0.5) is 0 Å². The van der Waals surface area contributed by atoms with Gasteiger partial charge in [0.25, 0.3) is 0 Å². The van der Waals surface area contributed by atoms with E-state index in [1.807, 2.05) is 30.3 Å². The van der Waals surface area contributed by atoms with Crippen molar-refractivity contribution in [2.24, 2.45) is 4.99 Å². The van der Waals surface area contributed by atoms with E-state index < -0.39 is 0 Å². The van der Waals surface area contributed by atoms with Crippen LogP contribution in [-0.4, -0.2) is 11.3 Å². The normalized spacial score (nSPS) is 19.9. The van der Waals surface area contributed by atoms with Crippen molar-refractivity contribution < 1.29 is 0 Å². The van der Waals surface area contributed by atoms with Crippen molar-refractivity contribution in [3.63, 3.8) is 0 Å². The quantitative estimate of drug-likeness (QED) is 0.764. The lowest BCUT2D eigenvalue weighted by Crippen LogP contribution is -2.38. The van der Waals surface area contributed by atoms with Crippen LogP contribution in [0.1, 0.15) is 54.7 Å². The fraction of sp³-hybridized carbons (Fsp3) is 0.364. The molecule has 2 aromatic rings. The van der Waals surface area contributed by atoms with Gasteiger partial charge in [0.05, 0.1) is 17.3 Å². The van der Waals surface area contributed by atoms with Crippen LogP contribution in [0.15, 0.2) is 59.6 Å². The van der Waals surface area contributed by atoms with E-state index in [1.165, 1.54) is 30.4 Å². The maximum absolute atomic E-state index is 9.91. The van der Waals surface area contributed by atoms with Gasteiger partial charge in [0, 0.05) is 5.56 Å². The molecule has 4 rings (SSSR count). The molecule has 2 aromatic carbocycles. The molecule has 0 saturated heterocycles. The second kappa shape index (κ2) is 6.24. The second-order valence-corrected chi connectivity index (χ2v) is 7.09. The molecule has 0 bridgehead atoms. The third kappa shape index (κ3) is 2.65. The van der Waals surface area contributed by atoms with E-state index in [1.54, 1.807) is 0 Å². The van der Waals surface area contributed by atoms with Crippen LogP contribution in [0.2, 0.25) is 0 Å². The summed E-state index contributed by atoms with van der Waals surface area (Å²) >= 11 is 0. The third-order valence-electron chi connectivity index (χ3n) is 5.49. The van der Waals surface area contributed by atoms with Gasteiger partial charge in [0.2, 0.25) is 0 Å². The number of nitriles is 1. The molecule has 1 aliphatic carbocycles. The Morgan fingerprint density at radius 3 is 2.38 bits per heavy atom. The minimum Gasteiger partial charge on any atom is -0.280 e. The summed E-state index contributed by atoms with van der Waals surface area (Å²) < 4.78 is 0. The fourth-order valence-electron chi connectivity index (χ4n) is 4.29. The van der Waals surface area contributed by atoms with Crippen molar-refractivity contribution in [2.75, 3.05) is 0 Å². The number of hydrogen-bond donors (Lipinski definition) is 0. The third-order valence-corrected chi connectivity index (χ3v) is 5.49. The molecule has 1 heterocycles. The lowest BCUT2D eigenvalue weighted by molar-refractivity contribution is 0.293. The van der Waals surface area contributed by atoms with E-state index >= 15 is 0 Å². The molecule has 1 aliphatic heterocycles. The molecule has 2 aliphatic rings.